The second kappa shape index (κ2) is 6.34. The minimum absolute atomic E-state index is 0.0233. The maximum absolute atomic E-state index is 10.6. The Balaban J connectivity index is 2.66. The van der Waals surface area contributed by atoms with Gasteiger partial charge in [-0.25, -0.2) is 0 Å². The summed E-state index contributed by atoms with van der Waals surface area (Å²) < 4.78 is 4.91. The maximum atomic E-state index is 10.6. The molecule has 5 nitrogen and oxygen atoms in total. The molecule has 0 spiro atoms. The summed E-state index contributed by atoms with van der Waals surface area (Å²) in [6.07, 6.45) is 0. The highest BCUT2D eigenvalue weighted by Gasteiger charge is 2.13. The number of methoxy groups -OCH3 is 1. The van der Waals surface area contributed by atoms with Crippen molar-refractivity contribution >= 4 is 23.1 Å². The van der Waals surface area contributed by atoms with E-state index in [2.05, 4.69) is 0 Å². The molecule has 0 aliphatic rings. The van der Waals surface area contributed by atoms with E-state index in [0.29, 0.717) is 12.4 Å². The number of nitro groups is 1. The van der Waals surface area contributed by atoms with Gasteiger partial charge in [-0.1, -0.05) is 12.1 Å². The van der Waals surface area contributed by atoms with Crippen molar-refractivity contribution in [1.82, 2.24) is 0 Å². The number of thioether (sulfide) groups is 1. The van der Waals surface area contributed by atoms with Crippen molar-refractivity contribution in [2.24, 2.45) is 0 Å². The first kappa shape index (κ1) is 12.8. The van der Waals surface area contributed by atoms with Gasteiger partial charge in [-0.3, -0.25) is 10.1 Å². The molecule has 0 unspecified atom stereocenters. The van der Waals surface area contributed by atoms with Crippen molar-refractivity contribution in [1.29, 1.82) is 0 Å². The van der Waals surface area contributed by atoms with Gasteiger partial charge in [0.1, 0.15) is 5.69 Å². The Hall–Kier alpha value is -1.27. The summed E-state index contributed by atoms with van der Waals surface area (Å²) in [6.45, 7) is 0.666. The quantitative estimate of drug-likeness (QED) is 0.357. The van der Waals surface area contributed by atoms with E-state index in [1.165, 1.54) is 6.07 Å². The van der Waals surface area contributed by atoms with E-state index in [0.717, 1.165) is 11.3 Å². The number of nitro benzene ring substituents is 1. The van der Waals surface area contributed by atoms with Gasteiger partial charge in [0.2, 0.25) is 0 Å². The molecule has 1 aromatic rings. The molecule has 0 aliphatic heterocycles. The van der Waals surface area contributed by atoms with Gasteiger partial charge < -0.3 is 10.5 Å². The fraction of sp³-hybridized carbons (Fsp3) is 0.400. The summed E-state index contributed by atoms with van der Waals surface area (Å²) in [7, 11) is 1.64. The summed E-state index contributed by atoms with van der Waals surface area (Å²) >= 11 is 1.64. The van der Waals surface area contributed by atoms with E-state index in [9.17, 15) is 10.1 Å². The Morgan fingerprint density at radius 1 is 1.56 bits per heavy atom. The van der Waals surface area contributed by atoms with E-state index in [-0.39, 0.29) is 11.4 Å². The molecule has 0 aromatic heterocycles. The molecule has 0 aliphatic carbocycles. The number of hydrogen-bond donors (Lipinski definition) is 1. The summed E-state index contributed by atoms with van der Waals surface area (Å²) in [5, 5.41) is 10.6. The number of nitrogens with two attached hydrogens (primary N) is 1. The van der Waals surface area contributed by atoms with Crippen LogP contribution in [0.1, 0.15) is 5.56 Å². The molecule has 0 atom stereocenters. The van der Waals surface area contributed by atoms with Crippen molar-refractivity contribution in [2.45, 2.75) is 5.75 Å². The average molecular weight is 242 g/mol. The van der Waals surface area contributed by atoms with Gasteiger partial charge in [-0.15, -0.1) is 0 Å². The number of para-hydroxylation sites is 1. The van der Waals surface area contributed by atoms with Crippen LogP contribution in [-0.4, -0.2) is 24.4 Å². The lowest BCUT2D eigenvalue weighted by Crippen LogP contribution is -2.00. The molecule has 0 saturated carbocycles. The van der Waals surface area contributed by atoms with Gasteiger partial charge in [0.05, 0.1) is 11.5 Å². The molecule has 16 heavy (non-hydrogen) atoms. The molecule has 0 heterocycles. The van der Waals surface area contributed by atoms with Gasteiger partial charge in [0, 0.05) is 24.7 Å². The summed E-state index contributed by atoms with van der Waals surface area (Å²) in [5.74, 6) is 1.51. The van der Waals surface area contributed by atoms with Crippen LogP contribution in [0.15, 0.2) is 18.2 Å². The Labute approximate surface area is 98.1 Å². The first-order valence-electron chi connectivity index (χ1n) is 4.75. The zero-order valence-corrected chi connectivity index (χ0v) is 9.83. The molecule has 0 fully saturated rings. The van der Waals surface area contributed by atoms with Crippen LogP contribution in [0.3, 0.4) is 0 Å². The smallest absolute Gasteiger partial charge is 0.292 e. The van der Waals surface area contributed by atoms with Gasteiger partial charge in [0.15, 0.2) is 0 Å². The molecule has 1 rings (SSSR count). The van der Waals surface area contributed by atoms with Gasteiger partial charge in [0.25, 0.3) is 5.69 Å². The molecule has 0 radical (unpaired) electrons. The summed E-state index contributed by atoms with van der Waals surface area (Å²) in [6, 6.07) is 4.88. The zero-order valence-electron chi connectivity index (χ0n) is 9.01. The van der Waals surface area contributed by atoms with Crippen LogP contribution in [0, 0.1) is 10.1 Å². The third-order valence-electron chi connectivity index (χ3n) is 2.06. The second-order valence-electron chi connectivity index (χ2n) is 3.15. The number of hydrogen-bond acceptors (Lipinski definition) is 5. The molecule has 0 saturated heterocycles. The molecule has 2 N–H and O–H groups in total. The number of ether oxygens (including phenoxy) is 1. The second-order valence-corrected chi connectivity index (χ2v) is 4.26. The number of benzene rings is 1. The molecular formula is C10H14N2O3S. The SMILES string of the molecule is COCCSCc1cccc([N+](=O)[O-])c1N. The Morgan fingerprint density at radius 2 is 2.31 bits per heavy atom. The van der Waals surface area contributed by atoms with Gasteiger partial charge in [-0.2, -0.15) is 11.8 Å². The van der Waals surface area contributed by atoms with Crippen LogP contribution < -0.4 is 5.73 Å². The lowest BCUT2D eigenvalue weighted by Gasteiger charge is -2.05. The highest BCUT2D eigenvalue weighted by atomic mass is 32.2. The highest BCUT2D eigenvalue weighted by Crippen LogP contribution is 2.27. The van der Waals surface area contributed by atoms with Crippen LogP contribution in [0.2, 0.25) is 0 Å². The fourth-order valence-electron chi connectivity index (χ4n) is 1.21. The fourth-order valence-corrected chi connectivity index (χ4v) is 2.11. The molecule has 6 heteroatoms. The Bertz CT molecular complexity index is 371. The van der Waals surface area contributed by atoms with E-state index >= 15 is 0 Å². The summed E-state index contributed by atoms with van der Waals surface area (Å²) in [4.78, 5) is 10.2. The normalized spacial score (nSPS) is 10.3. The van der Waals surface area contributed by atoms with Crippen molar-refractivity contribution in [2.75, 3.05) is 25.2 Å². The zero-order chi connectivity index (χ0) is 12.0. The Morgan fingerprint density at radius 3 is 2.94 bits per heavy atom. The largest absolute Gasteiger partial charge is 0.393 e. The molecule has 0 amide bonds. The number of rotatable bonds is 6. The third-order valence-corrected chi connectivity index (χ3v) is 3.03. The first-order valence-corrected chi connectivity index (χ1v) is 5.90. The maximum Gasteiger partial charge on any atom is 0.292 e. The minimum atomic E-state index is -0.460. The van der Waals surface area contributed by atoms with E-state index < -0.39 is 4.92 Å². The predicted molar refractivity (Wildman–Crippen MR) is 65.5 cm³/mol. The van der Waals surface area contributed by atoms with E-state index in [4.69, 9.17) is 10.5 Å². The number of nitrogens with zero attached hydrogens (tertiary/aromatic N) is 1. The van der Waals surface area contributed by atoms with Crippen molar-refractivity contribution in [3.63, 3.8) is 0 Å². The van der Waals surface area contributed by atoms with Crippen molar-refractivity contribution < 1.29 is 9.66 Å². The highest BCUT2D eigenvalue weighted by molar-refractivity contribution is 7.98. The van der Waals surface area contributed by atoms with Crippen LogP contribution in [0.25, 0.3) is 0 Å². The van der Waals surface area contributed by atoms with E-state index in [1.807, 2.05) is 6.07 Å². The van der Waals surface area contributed by atoms with E-state index in [1.54, 1.807) is 24.9 Å². The molecular weight excluding hydrogens is 228 g/mol. The lowest BCUT2D eigenvalue weighted by molar-refractivity contribution is -0.383. The topological polar surface area (TPSA) is 78.4 Å². The van der Waals surface area contributed by atoms with Gasteiger partial charge in [-0.05, 0) is 5.56 Å². The average Bonchev–Trinajstić information content (AvgIpc) is 2.26. The van der Waals surface area contributed by atoms with Crippen LogP contribution in [-0.2, 0) is 10.5 Å². The molecule has 88 valence electrons. The van der Waals surface area contributed by atoms with Crippen LogP contribution in [0.4, 0.5) is 11.4 Å². The molecule has 1 aromatic carbocycles. The van der Waals surface area contributed by atoms with Gasteiger partial charge >= 0.3 is 0 Å². The van der Waals surface area contributed by atoms with Crippen LogP contribution >= 0.6 is 11.8 Å². The van der Waals surface area contributed by atoms with Crippen molar-refractivity contribution in [3.8, 4) is 0 Å². The predicted octanol–water partition coefficient (Wildman–Crippen LogP) is 2.06. The Kier molecular flexibility index (Phi) is 5.07. The monoisotopic (exact) mass is 242 g/mol. The van der Waals surface area contributed by atoms with Crippen molar-refractivity contribution in [3.05, 3.63) is 33.9 Å². The minimum Gasteiger partial charge on any atom is -0.393 e. The lowest BCUT2D eigenvalue weighted by atomic mass is 10.2. The third kappa shape index (κ3) is 3.39. The molecule has 0 bridgehead atoms. The number of nitrogen functional groups attached to an aromatic ring is 1. The number of anilines is 1. The van der Waals surface area contributed by atoms with Crippen LogP contribution in [0.5, 0.6) is 0 Å². The summed E-state index contributed by atoms with van der Waals surface area (Å²) in [5.41, 5.74) is 6.75. The standard InChI is InChI=1S/C10H14N2O3S/c1-15-5-6-16-7-8-3-2-4-9(10(8)11)12(13)14/h2-4H,5-7,11H2,1H3. The first-order chi connectivity index (χ1) is 7.66.